The topological polar surface area (TPSA) is 150 Å². The number of benzene rings is 2. The maximum atomic E-state index is 15.1. The number of carbonyl (C=O) groups is 2. The molecule has 0 radical (unpaired) electrons. The number of H-pyrrole nitrogens is 1. The lowest BCUT2D eigenvalue weighted by Crippen LogP contribution is -2.47. The zero-order valence-electron chi connectivity index (χ0n) is 32.0. The monoisotopic (exact) mass is 756 g/mol. The highest BCUT2D eigenvalue weighted by molar-refractivity contribution is 5.97. The van der Waals surface area contributed by atoms with E-state index in [0.717, 1.165) is 75.2 Å². The number of rotatable bonds is 11. The highest BCUT2D eigenvalue weighted by Crippen LogP contribution is 2.35. The van der Waals surface area contributed by atoms with E-state index in [1.807, 2.05) is 13.0 Å². The Labute approximate surface area is 321 Å². The molecule has 2 aromatic carbocycles. The molecule has 3 aliphatic heterocycles. The van der Waals surface area contributed by atoms with Gasteiger partial charge in [-0.15, -0.1) is 0 Å². The second kappa shape index (κ2) is 17.0. The molecule has 3 fully saturated rings. The molecule has 0 unspecified atom stereocenters. The van der Waals surface area contributed by atoms with Gasteiger partial charge in [-0.05, 0) is 67.0 Å². The third kappa shape index (κ3) is 9.26. The SMILES string of the molecule is Cc1c(NC(=O)N2C[C@H](CC(C)C)[C@@H](O)C2)cc(F)cc1-c1ncnc2[nH]c(-c3ccc(CN4CCN(CCOC5CCN(C(=O)O)CC5)CC4)cc3)cc12. The number of hydrogen-bond donors (Lipinski definition) is 4. The summed E-state index contributed by atoms with van der Waals surface area (Å²) in [6.07, 6.45) is 2.54. The highest BCUT2D eigenvalue weighted by Gasteiger charge is 2.34. The molecule has 2 atom stereocenters. The van der Waals surface area contributed by atoms with Crippen LogP contribution in [-0.4, -0.2) is 135 Å². The summed E-state index contributed by atoms with van der Waals surface area (Å²) in [5, 5.41) is 23.3. The Kier molecular flexibility index (Phi) is 12.0. The molecule has 2 aromatic heterocycles. The summed E-state index contributed by atoms with van der Waals surface area (Å²) in [6, 6.07) is 12.9. The molecule has 3 amide bonds. The van der Waals surface area contributed by atoms with Gasteiger partial charge in [0, 0.05) is 93.7 Å². The number of carbonyl (C=O) groups excluding carboxylic acids is 1. The summed E-state index contributed by atoms with van der Waals surface area (Å²) in [6.45, 7) is 14.2. The van der Waals surface area contributed by atoms with Crippen molar-refractivity contribution < 1.29 is 28.9 Å². The molecule has 4 aromatic rings. The molecule has 294 valence electrons. The van der Waals surface area contributed by atoms with Crippen molar-refractivity contribution in [3.63, 3.8) is 0 Å². The Morgan fingerprint density at radius 2 is 1.71 bits per heavy atom. The first-order chi connectivity index (χ1) is 26.5. The largest absolute Gasteiger partial charge is 0.465 e. The summed E-state index contributed by atoms with van der Waals surface area (Å²) >= 11 is 0. The van der Waals surface area contributed by atoms with E-state index in [1.54, 1.807) is 4.90 Å². The molecule has 0 bridgehead atoms. The number of aromatic nitrogens is 3. The van der Waals surface area contributed by atoms with E-state index in [1.165, 1.54) is 28.9 Å². The van der Waals surface area contributed by atoms with Gasteiger partial charge in [-0.3, -0.25) is 9.80 Å². The van der Waals surface area contributed by atoms with Crippen LogP contribution in [0.5, 0.6) is 0 Å². The number of hydrogen-bond acceptors (Lipinski definition) is 8. The van der Waals surface area contributed by atoms with Gasteiger partial charge in [-0.1, -0.05) is 38.1 Å². The van der Waals surface area contributed by atoms with Crippen LogP contribution in [0.3, 0.4) is 0 Å². The number of aromatic amines is 1. The zero-order chi connectivity index (χ0) is 38.6. The summed E-state index contributed by atoms with van der Waals surface area (Å²) in [7, 11) is 0. The molecule has 14 heteroatoms. The predicted molar refractivity (Wildman–Crippen MR) is 209 cm³/mol. The molecule has 0 aliphatic carbocycles. The van der Waals surface area contributed by atoms with Gasteiger partial charge in [-0.25, -0.2) is 23.9 Å². The Bertz CT molecular complexity index is 1960. The van der Waals surface area contributed by atoms with Gasteiger partial charge in [0.1, 0.15) is 17.8 Å². The molecule has 5 heterocycles. The van der Waals surface area contributed by atoms with E-state index in [9.17, 15) is 14.7 Å². The Hall–Kier alpha value is -4.63. The summed E-state index contributed by atoms with van der Waals surface area (Å²) < 4.78 is 21.2. The van der Waals surface area contributed by atoms with Crippen LogP contribution in [0.25, 0.3) is 33.5 Å². The van der Waals surface area contributed by atoms with E-state index in [4.69, 9.17) is 9.84 Å². The lowest BCUT2D eigenvalue weighted by Gasteiger charge is -2.35. The quantitative estimate of drug-likeness (QED) is 0.147. The van der Waals surface area contributed by atoms with Crippen LogP contribution in [0.4, 0.5) is 19.7 Å². The molecule has 7 rings (SSSR count). The lowest BCUT2D eigenvalue weighted by molar-refractivity contribution is -0.00418. The summed E-state index contributed by atoms with van der Waals surface area (Å²) in [5.41, 5.74) is 5.91. The first-order valence-corrected chi connectivity index (χ1v) is 19.5. The van der Waals surface area contributed by atoms with Crippen molar-refractivity contribution in [2.75, 3.05) is 70.8 Å². The lowest BCUT2D eigenvalue weighted by atomic mass is 9.95. The average molecular weight is 757 g/mol. The van der Waals surface area contributed by atoms with Crippen molar-refractivity contribution in [3.8, 4) is 22.5 Å². The number of urea groups is 1. The minimum absolute atomic E-state index is 0.0205. The van der Waals surface area contributed by atoms with Crippen molar-refractivity contribution in [2.45, 2.75) is 58.8 Å². The van der Waals surface area contributed by atoms with Crippen molar-refractivity contribution in [1.82, 2.24) is 34.6 Å². The fourth-order valence-corrected chi connectivity index (χ4v) is 8.20. The molecule has 0 saturated carbocycles. The summed E-state index contributed by atoms with van der Waals surface area (Å²) in [5.74, 6) is -0.0577. The Balaban J connectivity index is 0.948. The Morgan fingerprint density at radius 1 is 0.982 bits per heavy atom. The minimum Gasteiger partial charge on any atom is -0.465 e. The number of aliphatic hydroxyl groups is 1. The number of likely N-dealkylation sites (tertiary alicyclic amines) is 2. The number of carboxylic acid groups (broad SMARTS) is 1. The molecular formula is C41H53FN8O5. The second-order valence-corrected chi connectivity index (χ2v) is 15.7. The number of anilines is 1. The molecule has 13 nitrogen and oxygen atoms in total. The van der Waals surface area contributed by atoms with Gasteiger partial charge in [0.15, 0.2) is 0 Å². The van der Waals surface area contributed by atoms with Crippen LogP contribution in [0, 0.1) is 24.6 Å². The normalized spacial score (nSPS) is 20.2. The van der Waals surface area contributed by atoms with Crippen LogP contribution in [0.15, 0.2) is 48.8 Å². The number of fused-ring (bicyclic) bond motifs is 1. The average Bonchev–Trinajstić information content (AvgIpc) is 3.77. The van der Waals surface area contributed by atoms with E-state index in [2.05, 4.69) is 68.2 Å². The van der Waals surface area contributed by atoms with Gasteiger partial charge in [-0.2, -0.15) is 0 Å². The third-order valence-electron chi connectivity index (χ3n) is 11.4. The van der Waals surface area contributed by atoms with Crippen LogP contribution in [0.2, 0.25) is 0 Å². The first-order valence-electron chi connectivity index (χ1n) is 19.5. The molecule has 3 saturated heterocycles. The van der Waals surface area contributed by atoms with Crippen LogP contribution in [0.1, 0.15) is 44.2 Å². The van der Waals surface area contributed by atoms with Gasteiger partial charge < -0.3 is 35.1 Å². The molecular weight excluding hydrogens is 703 g/mol. The molecule has 3 aliphatic rings. The molecule has 4 N–H and O–H groups in total. The van der Waals surface area contributed by atoms with Gasteiger partial charge >= 0.3 is 12.1 Å². The van der Waals surface area contributed by atoms with E-state index in [0.29, 0.717) is 60.3 Å². The number of ether oxygens (including phenoxy) is 1. The fourth-order valence-electron chi connectivity index (χ4n) is 8.20. The van der Waals surface area contributed by atoms with Crippen LogP contribution < -0.4 is 5.32 Å². The molecule has 0 spiro atoms. The zero-order valence-corrected chi connectivity index (χ0v) is 32.0. The number of nitrogens with one attached hydrogen (secondary N) is 2. The maximum absolute atomic E-state index is 15.1. The minimum atomic E-state index is -0.846. The van der Waals surface area contributed by atoms with Crippen molar-refractivity contribution in [3.05, 3.63) is 65.7 Å². The number of halogens is 1. The van der Waals surface area contributed by atoms with Crippen molar-refractivity contribution in [2.24, 2.45) is 11.8 Å². The number of piperazine rings is 1. The predicted octanol–water partition coefficient (Wildman–Crippen LogP) is 5.89. The molecule has 55 heavy (non-hydrogen) atoms. The fraction of sp³-hybridized carbons (Fsp3) is 0.512. The van der Waals surface area contributed by atoms with E-state index < -0.39 is 18.0 Å². The summed E-state index contributed by atoms with van der Waals surface area (Å²) in [4.78, 5) is 44.8. The van der Waals surface area contributed by atoms with Crippen molar-refractivity contribution >= 4 is 28.8 Å². The van der Waals surface area contributed by atoms with Gasteiger partial charge in [0.05, 0.1) is 24.5 Å². The first kappa shape index (κ1) is 38.6. The van der Waals surface area contributed by atoms with E-state index >= 15 is 4.39 Å². The van der Waals surface area contributed by atoms with Gasteiger partial charge in [0.25, 0.3) is 0 Å². The number of β-amino-alcohol motifs (C(OH)–C–C–N with tert-alkyl or cyclic N) is 1. The standard InChI is InChI=1S/C41H53FN8O5/c1-26(2)18-30-23-50(24-37(30)51)40(52)46-35-20-31(42)19-33(27(35)3)38-34-21-36(45-39(34)44-25-43-38)29-6-4-28(5-7-29)22-48-14-12-47(13-15-48)16-17-55-32-8-10-49(11-9-32)41(53)54/h4-7,19-21,25-26,30,32,37,51H,8-18,22-24H2,1-3H3,(H,46,52)(H,53,54)(H,43,44,45)/t30-,37-/m0/s1. The number of piperidine rings is 1. The van der Waals surface area contributed by atoms with Crippen LogP contribution >= 0.6 is 0 Å². The van der Waals surface area contributed by atoms with Crippen molar-refractivity contribution in [1.29, 1.82) is 0 Å². The van der Waals surface area contributed by atoms with Gasteiger partial charge in [0.2, 0.25) is 0 Å². The third-order valence-corrected chi connectivity index (χ3v) is 11.4. The second-order valence-electron chi connectivity index (χ2n) is 15.7. The Morgan fingerprint density at radius 3 is 2.42 bits per heavy atom. The van der Waals surface area contributed by atoms with Crippen LogP contribution in [-0.2, 0) is 11.3 Å². The smallest absolute Gasteiger partial charge is 0.407 e. The highest BCUT2D eigenvalue weighted by atomic mass is 19.1. The number of aliphatic hydroxyl groups excluding tert-OH is 1. The number of amides is 3. The van der Waals surface area contributed by atoms with E-state index in [-0.39, 0.29) is 24.6 Å². The maximum Gasteiger partial charge on any atom is 0.407 e. The number of nitrogens with zero attached hydrogens (tertiary/aromatic N) is 6.